The van der Waals surface area contributed by atoms with E-state index in [1.807, 2.05) is 40.7 Å². The third-order valence-electron chi connectivity index (χ3n) is 3.40. The molecule has 1 aromatic heterocycles. The highest BCUT2D eigenvalue weighted by molar-refractivity contribution is 7.90. The molecule has 0 saturated carbocycles. The van der Waals surface area contributed by atoms with Crippen molar-refractivity contribution in [2.24, 2.45) is 0 Å². The molecule has 120 valence electrons. The first kappa shape index (κ1) is 17.0. The van der Waals surface area contributed by atoms with Crippen LogP contribution in [-0.2, 0) is 11.4 Å². The van der Waals surface area contributed by atoms with Gasteiger partial charge in [0.2, 0.25) is 0 Å². The molecule has 0 fully saturated rings. The maximum absolute atomic E-state index is 14.4. The van der Waals surface area contributed by atoms with Gasteiger partial charge in [0.15, 0.2) is 0 Å². The fourth-order valence-electron chi connectivity index (χ4n) is 2.03. The first-order valence-electron chi connectivity index (χ1n) is 7.18. The summed E-state index contributed by atoms with van der Waals surface area (Å²) in [6.45, 7) is 9.39. The lowest BCUT2D eigenvalue weighted by atomic mass is 10.1. The van der Waals surface area contributed by atoms with Crippen LogP contribution in [-0.4, -0.2) is 18.9 Å². The zero-order chi connectivity index (χ0) is 16.5. The van der Waals surface area contributed by atoms with E-state index >= 15 is 0 Å². The van der Waals surface area contributed by atoms with Gasteiger partial charge >= 0.3 is 0 Å². The predicted molar refractivity (Wildman–Crippen MR) is 87.7 cm³/mol. The van der Waals surface area contributed by atoms with Crippen molar-refractivity contribution < 1.29 is 8.94 Å². The SMILES string of the molecule is Cc1nccn1-c1ccc([C@@H](C)N[S+]([O-])C(C)(C)C)cc1F. The smallest absolute Gasteiger partial charge is 0.147 e. The summed E-state index contributed by atoms with van der Waals surface area (Å²) >= 11 is -1.20. The standard InChI is InChI=1S/C16H22FN3OS/c1-11(19-22(21)16(3,4)5)13-6-7-15(14(17)10-13)20-9-8-18-12(20)2/h6-11,19H,1-5H3/t11-,22?/m1/s1. The Morgan fingerprint density at radius 2 is 2.05 bits per heavy atom. The second-order valence-corrected chi connectivity index (χ2v) is 8.27. The topological polar surface area (TPSA) is 52.9 Å². The molecule has 2 aromatic rings. The molecule has 1 unspecified atom stereocenters. The number of nitrogens with zero attached hydrogens (tertiary/aromatic N) is 2. The van der Waals surface area contributed by atoms with Gasteiger partial charge in [-0.1, -0.05) is 6.07 Å². The molecule has 0 bridgehead atoms. The van der Waals surface area contributed by atoms with Crippen LogP contribution >= 0.6 is 0 Å². The zero-order valence-electron chi connectivity index (χ0n) is 13.6. The highest BCUT2D eigenvalue weighted by Gasteiger charge is 2.28. The lowest BCUT2D eigenvalue weighted by Gasteiger charge is -2.26. The molecule has 6 heteroatoms. The molecule has 4 nitrogen and oxygen atoms in total. The van der Waals surface area contributed by atoms with Gasteiger partial charge in [0.05, 0.1) is 11.7 Å². The third-order valence-corrected chi connectivity index (χ3v) is 5.08. The summed E-state index contributed by atoms with van der Waals surface area (Å²) in [5, 5.41) is 0. The summed E-state index contributed by atoms with van der Waals surface area (Å²) in [5.74, 6) is 0.403. The molecule has 0 aliphatic carbocycles. The number of hydrogen-bond donors (Lipinski definition) is 1. The molecule has 1 heterocycles. The Balaban J connectivity index is 2.21. The van der Waals surface area contributed by atoms with Crippen LogP contribution in [0.4, 0.5) is 4.39 Å². The van der Waals surface area contributed by atoms with Gasteiger partial charge < -0.3 is 9.12 Å². The number of rotatable bonds is 4. The predicted octanol–water partition coefficient (Wildman–Crippen LogP) is 3.43. The highest BCUT2D eigenvalue weighted by atomic mass is 32.2. The Hall–Kier alpha value is -1.37. The van der Waals surface area contributed by atoms with E-state index in [0.717, 1.165) is 11.4 Å². The Morgan fingerprint density at radius 3 is 2.55 bits per heavy atom. The van der Waals surface area contributed by atoms with Crippen LogP contribution in [0.25, 0.3) is 5.69 Å². The second kappa shape index (κ2) is 6.40. The van der Waals surface area contributed by atoms with E-state index in [2.05, 4.69) is 9.71 Å². The van der Waals surface area contributed by atoms with Crippen molar-refractivity contribution in [3.05, 3.63) is 47.8 Å². The van der Waals surface area contributed by atoms with Gasteiger partial charge in [-0.05, 0) is 52.3 Å². The van der Waals surface area contributed by atoms with E-state index in [1.165, 1.54) is 6.07 Å². The number of imidazole rings is 1. The van der Waals surface area contributed by atoms with Crippen molar-refractivity contribution in [1.82, 2.24) is 14.3 Å². The van der Waals surface area contributed by atoms with E-state index in [0.29, 0.717) is 5.69 Å². The van der Waals surface area contributed by atoms with Crippen molar-refractivity contribution in [3.8, 4) is 5.69 Å². The van der Waals surface area contributed by atoms with Crippen LogP contribution in [0.5, 0.6) is 0 Å². The van der Waals surface area contributed by atoms with Gasteiger partial charge in [-0.3, -0.25) is 0 Å². The number of halogens is 1. The minimum atomic E-state index is -1.20. The Bertz CT molecular complexity index is 651. The van der Waals surface area contributed by atoms with Crippen LogP contribution in [0, 0.1) is 12.7 Å². The maximum atomic E-state index is 14.4. The van der Waals surface area contributed by atoms with Gasteiger partial charge in [-0.25, -0.2) is 9.37 Å². The lowest BCUT2D eigenvalue weighted by molar-refractivity contribution is 0.530. The van der Waals surface area contributed by atoms with E-state index in [-0.39, 0.29) is 16.6 Å². The van der Waals surface area contributed by atoms with E-state index < -0.39 is 11.4 Å². The minimum Gasteiger partial charge on any atom is -0.598 e. The lowest BCUT2D eigenvalue weighted by Crippen LogP contribution is -2.40. The van der Waals surface area contributed by atoms with Crippen LogP contribution in [0.15, 0.2) is 30.6 Å². The molecule has 0 saturated heterocycles. The number of aromatic nitrogens is 2. The molecule has 0 aliphatic heterocycles. The fourth-order valence-corrected chi connectivity index (χ4v) is 2.84. The number of hydrogen-bond acceptors (Lipinski definition) is 3. The van der Waals surface area contributed by atoms with Crippen molar-refractivity contribution >= 4 is 11.4 Å². The van der Waals surface area contributed by atoms with Gasteiger partial charge in [-0.2, -0.15) is 0 Å². The Morgan fingerprint density at radius 1 is 1.36 bits per heavy atom. The average Bonchev–Trinajstić information content (AvgIpc) is 2.83. The molecule has 1 N–H and O–H groups in total. The van der Waals surface area contributed by atoms with E-state index in [4.69, 9.17) is 0 Å². The number of aryl methyl sites for hydroxylation is 1. The van der Waals surface area contributed by atoms with Crippen molar-refractivity contribution in [2.75, 3.05) is 0 Å². The van der Waals surface area contributed by atoms with Crippen LogP contribution in [0.3, 0.4) is 0 Å². The van der Waals surface area contributed by atoms with Crippen LogP contribution in [0.2, 0.25) is 0 Å². The van der Waals surface area contributed by atoms with Crippen molar-refractivity contribution in [1.29, 1.82) is 0 Å². The molecule has 2 atom stereocenters. The summed E-state index contributed by atoms with van der Waals surface area (Å²) in [6, 6.07) is 4.84. The van der Waals surface area contributed by atoms with E-state index in [1.54, 1.807) is 23.0 Å². The summed E-state index contributed by atoms with van der Waals surface area (Å²) < 4.78 is 30.9. The Labute approximate surface area is 134 Å². The summed E-state index contributed by atoms with van der Waals surface area (Å²) in [7, 11) is 0. The highest BCUT2D eigenvalue weighted by Crippen LogP contribution is 2.23. The molecule has 0 spiro atoms. The molecule has 2 rings (SSSR count). The second-order valence-electron chi connectivity index (χ2n) is 6.28. The number of nitrogens with one attached hydrogen (secondary N) is 1. The molecule has 0 amide bonds. The van der Waals surface area contributed by atoms with Crippen molar-refractivity contribution in [2.45, 2.75) is 45.4 Å². The van der Waals surface area contributed by atoms with Gasteiger partial charge in [0.25, 0.3) is 0 Å². The molecule has 1 aromatic carbocycles. The van der Waals surface area contributed by atoms with E-state index in [9.17, 15) is 8.94 Å². The molecular weight excluding hydrogens is 301 g/mol. The maximum Gasteiger partial charge on any atom is 0.147 e. The number of benzene rings is 1. The monoisotopic (exact) mass is 323 g/mol. The summed E-state index contributed by atoms with van der Waals surface area (Å²) in [4.78, 5) is 4.10. The molecular formula is C16H22FN3OS. The first-order valence-corrected chi connectivity index (χ1v) is 8.33. The summed E-state index contributed by atoms with van der Waals surface area (Å²) in [5.41, 5.74) is 1.22. The normalized spacial score (nSPS) is 14.9. The fraction of sp³-hybridized carbons (Fsp3) is 0.438. The zero-order valence-corrected chi connectivity index (χ0v) is 14.4. The Kier molecular flexibility index (Phi) is 4.94. The van der Waals surface area contributed by atoms with Gasteiger partial charge in [0, 0.05) is 23.8 Å². The average molecular weight is 323 g/mol. The van der Waals surface area contributed by atoms with Crippen LogP contribution in [0.1, 0.15) is 45.1 Å². The third kappa shape index (κ3) is 3.69. The van der Waals surface area contributed by atoms with Gasteiger partial charge in [0.1, 0.15) is 16.4 Å². The molecule has 0 aliphatic rings. The first-order chi connectivity index (χ1) is 10.2. The summed E-state index contributed by atoms with van der Waals surface area (Å²) in [6.07, 6.45) is 3.36. The van der Waals surface area contributed by atoms with Gasteiger partial charge in [-0.15, -0.1) is 4.72 Å². The van der Waals surface area contributed by atoms with Crippen molar-refractivity contribution in [3.63, 3.8) is 0 Å². The largest absolute Gasteiger partial charge is 0.598 e. The quantitative estimate of drug-likeness (QED) is 0.877. The minimum absolute atomic E-state index is 0.201. The molecule has 22 heavy (non-hydrogen) atoms. The van der Waals surface area contributed by atoms with Crippen LogP contribution < -0.4 is 4.72 Å². The molecule has 0 radical (unpaired) electrons.